The molecule has 3 nitrogen and oxygen atoms in total. The Morgan fingerprint density at radius 3 is 2.64 bits per heavy atom. The Hall–Kier alpha value is -1.97. The number of rotatable bonds is 3. The summed E-state index contributed by atoms with van der Waals surface area (Å²) >= 11 is 0. The Bertz CT molecular complexity index is 666. The molecule has 1 aliphatic rings. The van der Waals surface area contributed by atoms with E-state index in [4.69, 9.17) is 4.84 Å². The molecule has 3 heteroatoms. The second-order valence-electron chi connectivity index (χ2n) is 5.83. The molecule has 0 amide bonds. The highest BCUT2D eigenvalue weighted by Gasteiger charge is 2.21. The Kier molecular flexibility index (Phi) is 4.36. The molecule has 0 unspecified atom stereocenters. The first kappa shape index (κ1) is 14.9. The molecule has 2 aromatic rings. The summed E-state index contributed by atoms with van der Waals surface area (Å²) in [6.45, 7) is 3.93. The largest absolute Gasteiger partial charge is 0.302 e. The molecule has 0 bridgehead atoms. The maximum absolute atomic E-state index is 12.6. The monoisotopic (exact) mass is 295 g/mol. The van der Waals surface area contributed by atoms with Gasteiger partial charge < -0.3 is 4.84 Å². The van der Waals surface area contributed by atoms with Crippen molar-refractivity contribution in [3.63, 3.8) is 0 Å². The van der Waals surface area contributed by atoms with Crippen molar-refractivity contribution in [3.05, 3.63) is 70.8 Å². The smallest absolute Gasteiger partial charge is 0.193 e. The second-order valence-corrected chi connectivity index (χ2v) is 5.83. The van der Waals surface area contributed by atoms with Gasteiger partial charge in [0.25, 0.3) is 0 Å². The lowest BCUT2D eigenvalue weighted by molar-refractivity contribution is -0.131. The minimum Gasteiger partial charge on any atom is -0.302 e. The second kappa shape index (κ2) is 6.42. The first-order chi connectivity index (χ1) is 10.7. The van der Waals surface area contributed by atoms with E-state index in [-0.39, 0.29) is 5.78 Å². The van der Waals surface area contributed by atoms with Gasteiger partial charge in [-0.15, -0.1) is 0 Å². The van der Waals surface area contributed by atoms with Gasteiger partial charge in [-0.05, 0) is 29.5 Å². The van der Waals surface area contributed by atoms with Gasteiger partial charge in [0.2, 0.25) is 0 Å². The molecule has 1 atom stereocenters. The Morgan fingerprint density at radius 1 is 1.14 bits per heavy atom. The van der Waals surface area contributed by atoms with Crippen LogP contribution in [0.2, 0.25) is 0 Å². The highest BCUT2D eigenvalue weighted by atomic mass is 16.7. The van der Waals surface area contributed by atoms with E-state index < -0.39 is 0 Å². The molecule has 0 spiro atoms. The maximum atomic E-state index is 12.6. The molecular weight excluding hydrogens is 274 g/mol. The zero-order valence-corrected chi connectivity index (χ0v) is 13.1. The number of carbonyl (C=O) groups excluding carboxylic acids is 1. The molecule has 3 rings (SSSR count). The summed E-state index contributed by atoms with van der Waals surface area (Å²) < 4.78 is 0. The SMILES string of the molecule is CON1CCc2ccc(C(=O)c3ccccc3)cc2[C@H](C)C1. The molecule has 2 aromatic carbocycles. The number of hydroxylamine groups is 2. The zero-order chi connectivity index (χ0) is 15.5. The Morgan fingerprint density at radius 2 is 1.91 bits per heavy atom. The average molecular weight is 295 g/mol. The molecule has 1 aliphatic heterocycles. The summed E-state index contributed by atoms with van der Waals surface area (Å²) in [6.07, 6.45) is 0.952. The lowest BCUT2D eigenvalue weighted by Gasteiger charge is -2.19. The van der Waals surface area contributed by atoms with E-state index in [1.807, 2.05) is 41.5 Å². The van der Waals surface area contributed by atoms with Crippen LogP contribution < -0.4 is 0 Å². The van der Waals surface area contributed by atoms with Gasteiger partial charge in [-0.25, -0.2) is 0 Å². The molecule has 114 valence electrons. The average Bonchev–Trinajstić information content (AvgIpc) is 2.73. The van der Waals surface area contributed by atoms with Crippen LogP contribution in [0.4, 0.5) is 0 Å². The van der Waals surface area contributed by atoms with Crippen LogP contribution in [0, 0.1) is 0 Å². The molecule has 0 N–H and O–H groups in total. The van der Waals surface area contributed by atoms with E-state index in [1.54, 1.807) is 7.11 Å². The number of carbonyl (C=O) groups is 1. The lowest BCUT2D eigenvalue weighted by atomic mass is 9.91. The summed E-state index contributed by atoms with van der Waals surface area (Å²) in [6, 6.07) is 15.6. The standard InChI is InChI=1S/C19H21NO2/c1-14-13-20(22-2)11-10-15-8-9-17(12-18(14)15)19(21)16-6-4-3-5-7-16/h3-9,12,14H,10-11,13H2,1-2H3/t14-/m1/s1. The number of hydrogen-bond donors (Lipinski definition) is 0. The van der Waals surface area contributed by atoms with E-state index >= 15 is 0 Å². The summed E-state index contributed by atoms with van der Waals surface area (Å²) in [5.74, 6) is 0.435. The number of hydrogen-bond acceptors (Lipinski definition) is 3. The van der Waals surface area contributed by atoms with Gasteiger partial charge in [0.15, 0.2) is 5.78 Å². The van der Waals surface area contributed by atoms with Crippen LogP contribution in [0.25, 0.3) is 0 Å². The summed E-state index contributed by atoms with van der Waals surface area (Å²) in [5.41, 5.74) is 4.09. The minimum absolute atomic E-state index is 0.0865. The van der Waals surface area contributed by atoms with Gasteiger partial charge in [0.1, 0.15) is 0 Å². The number of fused-ring (bicyclic) bond motifs is 1. The van der Waals surface area contributed by atoms with Crippen molar-refractivity contribution in [2.45, 2.75) is 19.3 Å². The van der Waals surface area contributed by atoms with Crippen LogP contribution in [0.15, 0.2) is 48.5 Å². The van der Waals surface area contributed by atoms with Crippen LogP contribution in [0.1, 0.15) is 39.9 Å². The van der Waals surface area contributed by atoms with E-state index in [2.05, 4.69) is 19.1 Å². The van der Waals surface area contributed by atoms with Gasteiger partial charge in [-0.2, -0.15) is 5.06 Å². The van der Waals surface area contributed by atoms with Crippen molar-refractivity contribution < 1.29 is 9.63 Å². The number of ketones is 1. The van der Waals surface area contributed by atoms with Crippen LogP contribution in [0.5, 0.6) is 0 Å². The van der Waals surface area contributed by atoms with Crippen molar-refractivity contribution in [3.8, 4) is 0 Å². The molecule has 0 aromatic heterocycles. The highest BCUT2D eigenvalue weighted by Crippen LogP contribution is 2.27. The number of benzene rings is 2. The van der Waals surface area contributed by atoms with Crippen molar-refractivity contribution >= 4 is 5.78 Å². The molecule has 0 saturated carbocycles. The molecule has 0 fully saturated rings. The molecule has 0 radical (unpaired) electrons. The Balaban J connectivity index is 1.93. The fraction of sp³-hybridized carbons (Fsp3) is 0.316. The summed E-state index contributed by atoms with van der Waals surface area (Å²) in [7, 11) is 1.72. The van der Waals surface area contributed by atoms with E-state index in [1.165, 1.54) is 11.1 Å². The van der Waals surface area contributed by atoms with E-state index in [0.717, 1.165) is 30.6 Å². The first-order valence-corrected chi connectivity index (χ1v) is 7.70. The maximum Gasteiger partial charge on any atom is 0.193 e. The predicted molar refractivity (Wildman–Crippen MR) is 87.0 cm³/mol. The topological polar surface area (TPSA) is 29.5 Å². The number of nitrogens with zero attached hydrogens (tertiary/aromatic N) is 1. The molecular formula is C19H21NO2. The highest BCUT2D eigenvalue weighted by molar-refractivity contribution is 6.09. The molecule has 1 heterocycles. The molecule has 0 aliphatic carbocycles. The van der Waals surface area contributed by atoms with Crippen molar-refractivity contribution in [2.75, 3.05) is 20.2 Å². The third kappa shape index (κ3) is 2.96. The fourth-order valence-corrected chi connectivity index (χ4v) is 3.08. The van der Waals surface area contributed by atoms with Crippen LogP contribution >= 0.6 is 0 Å². The normalized spacial score (nSPS) is 18.5. The quantitative estimate of drug-likeness (QED) is 0.812. The summed E-state index contributed by atoms with van der Waals surface area (Å²) in [4.78, 5) is 18.0. The third-order valence-corrected chi connectivity index (χ3v) is 4.34. The molecule has 22 heavy (non-hydrogen) atoms. The summed E-state index contributed by atoms with van der Waals surface area (Å²) in [5, 5.41) is 1.99. The van der Waals surface area contributed by atoms with Gasteiger partial charge >= 0.3 is 0 Å². The predicted octanol–water partition coefficient (Wildman–Crippen LogP) is 3.44. The van der Waals surface area contributed by atoms with Crippen LogP contribution in [0.3, 0.4) is 0 Å². The van der Waals surface area contributed by atoms with E-state index in [0.29, 0.717) is 5.92 Å². The lowest BCUT2D eigenvalue weighted by Crippen LogP contribution is -2.26. The zero-order valence-electron chi connectivity index (χ0n) is 13.1. The fourth-order valence-electron chi connectivity index (χ4n) is 3.08. The van der Waals surface area contributed by atoms with Crippen molar-refractivity contribution in [2.24, 2.45) is 0 Å². The van der Waals surface area contributed by atoms with Gasteiger partial charge in [0.05, 0.1) is 7.11 Å². The van der Waals surface area contributed by atoms with Gasteiger partial charge in [-0.1, -0.05) is 49.4 Å². The van der Waals surface area contributed by atoms with Crippen molar-refractivity contribution in [1.29, 1.82) is 0 Å². The first-order valence-electron chi connectivity index (χ1n) is 7.70. The van der Waals surface area contributed by atoms with Crippen LogP contribution in [-0.2, 0) is 11.3 Å². The van der Waals surface area contributed by atoms with Gasteiger partial charge in [0, 0.05) is 24.2 Å². The van der Waals surface area contributed by atoms with E-state index in [9.17, 15) is 4.79 Å². The Labute approximate surface area is 131 Å². The van der Waals surface area contributed by atoms with Gasteiger partial charge in [-0.3, -0.25) is 4.79 Å². The van der Waals surface area contributed by atoms with Crippen molar-refractivity contribution in [1.82, 2.24) is 5.06 Å². The minimum atomic E-state index is 0.0865. The molecule has 0 saturated heterocycles. The third-order valence-electron chi connectivity index (χ3n) is 4.34. The van der Waals surface area contributed by atoms with Crippen LogP contribution in [-0.4, -0.2) is 31.0 Å².